The Balaban J connectivity index is 1.92. The molecule has 3 aromatic rings. The van der Waals surface area contributed by atoms with Crippen molar-refractivity contribution in [1.82, 2.24) is 10.3 Å². The molecule has 0 saturated heterocycles. The summed E-state index contributed by atoms with van der Waals surface area (Å²) in [6, 6.07) is 12.6. The van der Waals surface area contributed by atoms with Crippen molar-refractivity contribution < 1.29 is 4.39 Å². The molecule has 106 valence electrons. The maximum atomic E-state index is 14.1. The summed E-state index contributed by atoms with van der Waals surface area (Å²) in [4.78, 5) is 3.43. The van der Waals surface area contributed by atoms with E-state index in [0.29, 0.717) is 5.56 Å². The number of rotatable bonds is 1. The van der Waals surface area contributed by atoms with Crippen molar-refractivity contribution in [3.63, 3.8) is 0 Å². The Labute approximate surface area is 126 Å². The molecular weight excluding hydrogens is 287 g/mol. The Hall–Kier alpha value is -1.84. The first-order valence-corrected chi connectivity index (χ1v) is 7.39. The van der Waals surface area contributed by atoms with Crippen LogP contribution in [0, 0.1) is 5.82 Å². The second-order valence-electron chi connectivity index (χ2n) is 5.37. The Kier molecular flexibility index (Phi) is 2.98. The van der Waals surface area contributed by atoms with Gasteiger partial charge in [-0.25, -0.2) is 4.39 Å². The minimum Gasteiger partial charge on any atom is -0.357 e. The highest BCUT2D eigenvalue weighted by molar-refractivity contribution is 6.31. The van der Waals surface area contributed by atoms with Crippen molar-refractivity contribution in [3.05, 3.63) is 70.1 Å². The van der Waals surface area contributed by atoms with Crippen molar-refractivity contribution in [2.24, 2.45) is 0 Å². The van der Waals surface area contributed by atoms with E-state index in [1.807, 2.05) is 30.3 Å². The van der Waals surface area contributed by atoms with Crippen LogP contribution in [-0.4, -0.2) is 11.5 Å². The molecule has 1 aromatic heterocycles. The molecule has 21 heavy (non-hydrogen) atoms. The SMILES string of the molecule is Fc1ccccc1C1NCCc2c1[nH]c1ccc(Cl)cc21. The van der Waals surface area contributed by atoms with Gasteiger partial charge in [0.05, 0.1) is 6.04 Å². The molecule has 1 unspecified atom stereocenters. The van der Waals surface area contributed by atoms with Crippen LogP contribution < -0.4 is 5.32 Å². The Morgan fingerprint density at radius 1 is 1.14 bits per heavy atom. The summed E-state index contributed by atoms with van der Waals surface area (Å²) in [7, 11) is 0. The number of nitrogens with one attached hydrogen (secondary N) is 2. The lowest BCUT2D eigenvalue weighted by Gasteiger charge is -2.25. The molecule has 2 nitrogen and oxygen atoms in total. The topological polar surface area (TPSA) is 27.8 Å². The zero-order valence-electron chi connectivity index (χ0n) is 11.3. The van der Waals surface area contributed by atoms with E-state index in [1.54, 1.807) is 6.07 Å². The van der Waals surface area contributed by atoms with Crippen LogP contribution in [0.25, 0.3) is 10.9 Å². The third-order valence-corrected chi connectivity index (χ3v) is 4.36. The monoisotopic (exact) mass is 300 g/mol. The maximum Gasteiger partial charge on any atom is 0.128 e. The molecular formula is C17H14ClFN2. The number of hydrogen-bond acceptors (Lipinski definition) is 1. The average Bonchev–Trinajstić information content (AvgIpc) is 2.86. The fourth-order valence-corrected chi connectivity index (χ4v) is 3.35. The minimum atomic E-state index is -0.181. The highest BCUT2D eigenvalue weighted by Crippen LogP contribution is 2.35. The van der Waals surface area contributed by atoms with Gasteiger partial charge < -0.3 is 10.3 Å². The van der Waals surface area contributed by atoms with Gasteiger partial charge in [0.1, 0.15) is 5.82 Å². The molecule has 0 saturated carbocycles. The summed E-state index contributed by atoms with van der Waals surface area (Å²) in [5.74, 6) is -0.181. The average molecular weight is 301 g/mol. The Bertz CT molecular complexity index is 825. The predicted octanol–water partition coefficient (Wildman–Crippen LogP) is 4.20. The number of aromatic nitrogens is 1. The summed E-state index contributed by atoms with van der Waals surface area (Å²) in [5.41, 5.74) is 4.01. The molecule has 4 rings (SSSR count). The first-order valence-electron chi connectivity index (χ1n) is 7.02. The highest BCUT2D eigenvalue weighted by Gasteiger charge is 2.26. The lowest BCUT2D eigenvalue weighted by atomic mass is 9.94. The summed E-state index contributed by atoms with van der Waals surface area (Å²) in [6.07, 6.45) is 0.917. The molecule has 2 heterocycles. The molecule has 4 heteroatoms. The van der Waals surface area contributed by atoms with Crippen LogP contribution in [0.4, 0.5) is 4.39 Å². The first-order chi connectivity index (χ1) is 10.2. The van der Waals surface area contributed by atoms with Crippen LogP contribution >= 0.6 is 11.6 Å². The Morgan fingerprint density at radius 2 is 2.00 bits per heavy atom. The highest BCUT2D eigenvalue weighted by atomic mass is 35.5. The van der Waals surface area contributed by atoms with Gasteiger partial charge in [0.15, 0.2) is 0 Å². The predicted molar refractivity (Wildman–Crippen MR) is 83.3 cm³/mol. The molecule has 0 radical (unpaired) electrons. The second kappa shape index (κ2) is 4.86. The summed E-state index contributed by atoms with van der Waals surface area (Å²) >= 11 is 6.11. The molecule has 1 aliphatic rings. The van der Waals surface area contributed by atoms with Gasteiger partial charge in [-0.15, -0.1) is 0 Å². The Morgan fingerprint density at radius 3 is 2.86 bits per heavy atom. The van der Waals surface area contributed by atoms with E-state index in [1.165, 1.54) is 11.6 Å². The fraction of sp³-hybridized carbons (Fsp3) is 0.176. The van der Waals surface area contributed by atoms with Gasteiger partial charge in [0.25, 0.3) is 0 Å². The quantitative estimate of drug-likeness (QED) is 0.693. The van der Waals surface area contributed by atoms with Crippen molar-refractivity contribution in [2.45, 2.75) is 12.5 Å². The van der Waals surface area contributed by atoms with E-state index in [2.05, 4.69) is 10.3 Å². The number of aromatic amines is 1. The van der Waals surface area contributed by atoms with Gasteiger partial charge in [0, 0.05) is 33.7 Å². The molecule has 1 atom stereocenters. The lowest BCUT2D eigenvalue weighted by Crippen LogP contribution is -2.31. The van der Waals surface area contributed by atoms with Crippen LogP contribution in [0.5, 0.6) is 0 Å². The van der Waals surface area contributed by atoms with Crippen LogP contribution in [0.1, 0.15) is 22.9 Å². The normalized spacial score (nSPS) is 17.9. The zero-order valence-corrected chi connectivity index (χ0v) is 12.0. The van der Waals surface area contributed by atoms with Crippen molar-refractivity contribution in [2.75, 3.05) is 6.54 Å². The number of halogens is 2. The molecule has 0 amide bonds. The lowest BCUT2D eigenvalue weighted by molar-refractivity contribution is 0.523. The number of fused-ring (bicyclic) bond motifs is 3. The summed E-state index contributed by atoms with van der Waals surface area (Å²) in [6.45, 7) is 0.825. The van der Waals surface area contributed by atoms with Crippen LogP contribution in [0.15, 0.2) is 42.5 Å². The van der Waals surface area contributed by atoms with Crippen LogP contribution in [0.3, 0.4) is 0 Å². The van der Waals surface area contributed by atoms with Gasteiger partial charge in [-0.1, -0.05) is 29.8 Å². The molecule has 2 N–H and O–H groups in total. The molecule has 0 aliphatic carbocycles. The number of benzene rings is 2. The molecule has 0 bridgehead atoms. The largest absolute Gasteiger partial charge is 0.357 e. The standard InChI is InChI=1S/C17H14ClFN2/c18-10-5-6-15-13(9-10)11-7-8-20-16(17(11)21-15)12-3-1-2-4-14(12)19/h1-6,9,16,20-21H,7-8H2. The second-order valence-corrected chi connectivity index (χ2v) is 5.80. The smallest absolute Gasteiger partial charge is 0.128 e. The first kappa shape index (κ1) is 12.9. The van der Waals surface area contributed by atoms with Gasteiger partial charge >= 0.3 is 0 Å². The van der Waals surface area contributed by atoms with Gasteiger partial charge in [0.2, 0.25) is 0 Å². The van der Waals surface area contributed by atoms with Gasteiger partial charge in [-0.2, -0.15) is 0 Å². The van der Waals surface area contributed by atoms with Crippen molar-refractivity contribution in [1.29, 1.82) is 0 Å². The molecule has 1 aliphatic heterocycles. The third-order valence-electron chi connectivity index (χ3n) is 4.13. The van der Waals surface area contributed by atoms with E-state index in [0.717, 1.165) is 34.6 Å². The van der Waals surface area contributed by atoms with E-state index in [-0.39, 0.29) is 11.9 Å². The van der Waals surface area contributed by atoms with E-state index in [9.17, 15) is 4.39 Å². The van der Waals surface area contributed by atoms with Gasteiger partial charge in [-0.05, 0) is 36.2 Å². The maximum absolute atomic E-state index is 14.1. The van der Waals surface area contributed by atoms with E-state index >= 15 is 0 Å². The molecule has 0 fully saturated rings. The number of H-pyrrole nitrogens is 1. The van der Waals surface area contributed by atoms with Crippen molar-refractivity contribution >= 4 is 22.5 Å². The minimum absolute atomic E-state index is 0.138. The van der Waals surface area contributed by atoms with E-state index < -0.39 is 0 Å². The van der Waals surface area contributed by atoms with Gasteiger partial charge in [-0.3, -0.25) is 0 Å². The zero-order chi connectivity index (χ0) is 14.4. The van der Waals surface area contributed by atoms with E-state index in [4.69, 9.17) is 11.6 Å². The fourth-order valence-electron chi connectivity index (χ4n) is 3.17. The number of hydrogen-bond donors (Lipinski definition) is 2. The third kappa shape index (κ3) is 2.04. The molecule has 2 aromatic carbocycles. The van der Waals surface area contributed by atoms with Crippen LogP contribution in [-0.2, 0) is 6.42 Å². The van der Waals surface area contributed by atoms with Crippen LogP contribution in [0.2, 0.25) is 5.02 Å². The summed E-state index contributed by atoms with van der Waals surface area (Å²) < 4.78 is 14.1. The van der Waals surface area contributed by atoms with Crippen molar-refractivity contribution in [3.8, 4) is 0 Å². The molecule has 0 spiro atoms. The summed E-state index contributed by atoms with van der Waals surface area (Å²) in [5, 5.41) is 5.27.